The molecular formula is C27H23N3O7S. The van der Waals surface area contributed by atoms with Crippen molar-refractivity contribution in [1.82, 2.24) is 9.55 Å². The zero-order valence-electron chi connectivity index (χ0n) is 19.9. The summed E-state index contributed by atoms with van der Waals surface area (Å²) in [6.45, 7) is -0.344. The van der Waals surface area contributed by atoms with Gasteiger partial charge in [-0.05, 0) is 35.7 Å². The number of thiophene rings is 1. The molecule has 11 heteroatoms. The van der Waals surface area contributed by atoms with Crippen LogP contribution in [0.5, 0.6) is 0 Å². The van der Waals surface area contributed by atoms with Crippen LogP contribution in [-0.2, 0) is 14.2 Å². The molecule has 38 heavy (non-hydrogen) atoms. The molecule has 4 aromatic rings. The van der Waals surface area contributed by atoms with Gasteiger partial charge in [0.1, 0.15) is 24.6 Å². The number of carbonyl (C=O) groups excluding carboxylic acids is 2. The minimum atomic E-state index is -1.48. The van der Waals surface area contributed by atoms with Gasteiger partial charge in [0.25, 0.3) is 0 Å². The second-order valence-electron chi connectivity index (χ2n) is 8.46. The summed E-state index contributed by atoms with van der Waals surface area (Å²) in [5.74, 6) is -1.30. The van der Waals surface area contributed by atoms with E-state index in [2.05, 4.69) is 4.98 Å². The minimum absolute atomic E-state index is 0.0292. The lowest BCUT2D eigenvalue weighted by Gasteiger charge is -2.21. The summed E-state index contributed by atoms with van der Waals surface area (Å²) in [5, 5.41) is 13.1. The summed E-state index contributed by atoms with van der Waals surface area (Å²) < 4.78 is 18.1. The third-order valence-electron chi connectivity index (χ3n) is 5.99. The highest BCUT2D eigenvalue weighted by Crippen LogP contribution is 2.34. The molecule has 0 spiro atoms. The zero-order chi connectivity index (χ0) is 26.6. The van der Waals surface area contributed by atoms with Gasteiger partial charge in [-0.1, -0.05) is 42.5 Å². The van der Waals surface area contributed by atoms with E-state index in [1.165, 1.54) is 17.5 Å². The molecule has 1 fully saturated rings. The predicted octanol–water partition coefficient (Wildman–Crippen LogP) is 2.89. The van der Waals surface area contributed by atoms with E-state index in [0.29, 0.717) is 11.1 Å². The Balaban J connectivity index is 1.43. The molecule has 0 saturated carbocycles. The number of hydrogen-bond acceptors (Lipinski definition) is 10. The number of aliphatic hydroxyl groups is 1. The highest BCUT2D eigenvalue weighted by molar-refractivity contribution is 7.13. The lowest BCUT2D eigenvalue weighted by Crippen LogP contribution is -2.40. The fourth-order valence-electron chi connectivity index (χ4n) is 4.10. The molecule has 1 saturated heterocycles. The molecule has 1 aliphatic heterocycles. The van der Waals surface area contributed by atoms with Crippen LogP contribution in [0.3, 0.4) is 0 Å². The summed E-state index contributed by atoms with van der Waals surface area (Å²) in [6.07, 6.45) is -3.67. The average Bonchev–Trinajstić information content (AvgIpc) is 3.57. The molecule has 3 N–H and O–H groups in total. The Bertz CT molecular complexity index is 1480. The molecule has 0 bridgehead atoms. The van der Waals surface area contributed by atoms with Crippen molar-refractivity contribution in [2.45, 2.75) is 24.5 Å². The van der Waals surface area contributed by atoms with Crippen LogP contribution in [-0.4, -0.2) is 51.5 Å². The van der Waals surface area contributed by atoms with E-state index in [0.717, 1.165) is 9.44 Å². The van der Waals surface area contributed by atoms with E-state index in [9.17, 15) is 19.5 Å². The topological polar surface area (TPSA) is 143 Å². The second kappa shape index (κ2) is 11.0. The fourth-order valence-corrected chi connectivity index (χ4v) is 4.84. The molecule has 3 heterocycles. The van der Waals surface area contributed by atoms with Gasteiger partial charge in [-0.2, -0.15) is 4.98 Å². The molecule has 2 aromatic heterocycles. The number of nitrogen functional groups attached to an aromatic ring is 1. The van der Waals surface area contributed by atoms with E-state index in [4.69, 9.17) is 19.9 Å². The van der Waals surface area contributed by atoms with E-state index >= 15 is 0 Å². The number of esters is 2. The van der Waals surface area contributed by atoms with Crippen LogP contribution in [0.15, 0.2) is 89.2 Å². The molecule has 2 aromatic carbocycles. The second-order valence-corrected chi connectivity index (χ2v) is 9.41. The maximum Gasteiger partial charge on any atom is 0.351 e. The number of aliphatic hydroxyl groups excluding tert-OH is 1. The summed E-state index contributed by atoms with van der Waals surface area (Å²) in [7, 11) is 0. The van der Waals surface area contributed by atoms with Crippen molar-refractivity contribution in [3.05, 3.63) is 106 Å². The molecule has 194 valence electrons. The Kier molecular flexibility index (Phi) is 7.31. The Hall–Kier alpha value is -4.32. The third kappa shape index (κ3) is 5.21. The molecule has 0 aliphatic carbocycles. The van der Waals surface area contributed by atoms with Crippen LogP contribution < -0.4 is 11.4 Å². The van der Waals surface area contributed by atoms with Crippen molar-refractivity contribution in [3.8, 4) is 10.4 Å². The summed E-state index contributed by atoms with van der Waals surface area (Å²) >= 11 is 1.40. The van der Waals surface area contributed by atoms with Crippen molar-refractivity contribution in [3.63, 3.8) is 0 Å². The molecule has 4 atom stereocenters. The Morgan fingerprint density at radius 2 is 1.66 bits per heavy atom. The van der Waals surface area contributed by atoms with E-state index in [-0.39, 0.29) is 18.0 Å². The number of carbonyl (C=O) groups is 2. The van der Waals surface area contributed by atoms with Crippen molar-refractivity contribution in [2.75, 3.05) is 12.3 Å². The van der Waals surface area contributed by atoms with E-state index in [1.807, 2.05) is 17.5 Å². The normalized spacial score (nSPS) is 20.7. The smallest absolute Gasteiger partial charge is 0.351 e. The zero-order valence-corrected chi connectivity index (χ0v) is 20.7. The van der Waals surface area contributed by atoms with Crippen molar-refractivity contribution in [1.29, 1.82) is 0 Å². The number of rotatable bonds is 7. The van der Waals surface area contributed by atoms with E-state index < -0.39 is 42.2 Å². The summed E-state index contributed by atoms with van der Waals surface area (Å²) in [6, 6.07) is 20.2. The summed E-state index contributed by atoms with van der Waals surface area (Å²) in [5.41, 5.74) is 6.28. The van der Waals surface area contributed by atoms with Crippen LogP contribution >= 0.6 is 11.3 Å². The van der Waals surface area contributed by atoms with Gasteiger partial charge in [-0.15, -0.1) is 11.3 Å². The maximum absolute atomic E-state index is 12.8. The SMILES string of the molecule is Nc1nc(=O)n([C@@H]2O[C@H](COC(=O)c3ccccc3)[C@@H](OC(=O)c3ccccc3)[C@H]2O)cc1-c1cccs1. The van der Waals surface area contributed by atoms with Crippen LogP contribution in [0, 0.1) is 0 Å². The first-order valence-electron chi connectivity index (χ1n) is 11.7. The molecule has 0 amide bonds. The third-order valence-corrected chi connectivity index (χ3v) is 6.90. The number of aromatic nitrogens is 2. The monoisotopic (exact) mass is 533 g/mol. The highest BCUT2D eigenvalue weighted by atomic mass is 32.1. The first-order valence-corrected chi connectivity index (χ1v) is 12.5. The van der Waals surface area contributed by atoms with Crippen molar-refractivity contribution >= 4 is 29.1 Å². The lowest BCUT2D eigenvalue weighted by molar-refractivity contribution is -0.0613. The van der Waals surface area contributed by atoms with Crippen LogP contribution in [0.25, 0.3) is 10.4 Å². The molecule has 0 radical (unpaired) electrons. The first-order chi connectivity index (χ1) is 18.4. The first kappa shape index (κ1) is 25.3. The minimum Gasteiger partial charge on any atom is -0.459 e. The summed E-state index contributed by atoms with van der Waals surface area (Å²) in [4.78, 5) is 42.8. The predicted molar refractivity (Wildman–Crippen MR) is 139 cm³/mol. The van der Waals surface area contributed by atoms with Crippen molar-refractivity contribution in [2.24, 2.45) is 0 Å². The van der Waals surface area contributed by atoms with Crippen LogP contribution in [0.1, 0.15) is 26.9 Å². The van der Waals surface area contributed by atoms with Gasteiger partial charge in [-0.3, -0.25) is 4.57 Å². The van der Waals surface area contributed by atoms with Gasteiger partial charge < -0.3 is 25.1 Å². The number of hydrogen-bond donors (Lipinski definition) is 2. The quantitative estimate of drug-likeness (QED) is 0.343. The Morgan fingerprint density at radius 3 is 2.29 bits per heavy atom. The van der Waals surface area contributed by atoms with Gasteiger partial charge in [0, 0.05) is 11.1 Å². The number of benzene rings is 2. The van der Waals surface area contributed by atoms with Crippen LogP contribution in [0.2, 0.25) is 0 Å². The van der Waals surface area contributed by atoms with Crippen molar-refractivity contribution < 1.29 is 28.9 Å². The standard InChI is InChI=1S/C27H23N3O7S/c28-23-18(20-12-7-13-38-20)14-30(27(34)29-23)24-21(31)22(37-26(33)17-10-5-2-6-11-17)19(36-24)15-35-25(32)16-8-3-1-4-9-16/h1-14,19,21-22,24,31H,15H2,(H2,28,29,34)/t19-,21-,22-,24-/m1/s1. The van der Waals surface area contributed by atoms with E-state index in [1.54, 1.807) is 60.7 Å². The van der Waals surface area contributed by atoms with Crippen LogP contribution in [0.4, 0.5) is 5.82 Å². The number of nitrogens with two attached hydrogens (primary N) is 1. The molecule has 0 unspecified atom stereocenters. The maximum atomic E-state index is 12.8. The van der Waals surface area contributed by atoms with Gasteiger partial charge >= 0.3 is 17.6 Å². The molecule has 5 rings (SSSR count). The Labute approximate surface area is 220 Å². The molecule has 10 nitrogen and oxygen atoms in total. The van der Waals surface area contributed by atoms with Gasteiger partial charge in [0.2, 0.25) is 0 Å². The highest BCUT2D eigenvalue weighted by Gasteiger charge is 2.48. The number of nitrogens with zero attached hydrogens (tertiary/aromatic N) is 2. The van der Waals surface area contributed by atoms with Gasteiger partial charge in [0.15, 0.2) is 12.3 Å². The van der Waals surface area contributed by atoms with Gasteiger partial charge in [-0.25, -0.2) is 14.4 Å². The van der Waals surface area contributed by atoms with Gasteiger partial charge in [0.05, 0.1) is 16.7 Å². The number of ether oxygens (including phenoxy) is 3. The molecule has 1 aliphatic rings. The Morgan fingerprint density at radius 1 is 1.00 bits per heavy atom. The number of anilines is 1. The lowest BCUT2D eigenvalue weighted by atomic mass is 10.1. The largest absolute Gasteiger partial charge is 0.459 e. The fraction of sp³-hybridized carbons (Fsp3) is 0.185. The molecular weight excluding hydrogens is 510 g/mol. The average molecular weight is 534 g/mol.